The number of nitrogen functional groups attached to an aromatic ring is 1. The van der Waals surface area contributed by atoms with Crippen molar-refractivity contribution in [2.75, 3.05) is 5.73 Å². The number of hydrogen-bond donors (Lipinski definition) is 2. The molecule has 0 atom stereocenters. The minimum Gasteiger partial charge on any atom is -0.389 e. The average molecular weight is 256 g/mol. The lowest BCUT2D eigenvalue weighted by Crippen LogP contribution is -2.18. The van der Waals surface area contributed by atoms with Crippen molar-refractivity contribution >= 4 is 23.0 Å². The standard InChI is InChI=1S/C11H8N6S/c1-5-7(4-14)9(6(2-12)3-13)17-10(15)8(5)11(16)18/h6H,1H3,(H2,15,17)(H2,16,18). The van der Waals surface area contributed by atoms with Gasteiger partial charge in [0.15, 0.2) is 5.92 Å². The Hall–Kier alpha value is -2.69. The van der Waals surface area contributed by atoms with E-state index in [0.29, 0.717) is 11.1 Å². The molecule has 4 N–H and O–H groups in total. The van der Waals surface area contributed by atoms with Crippen LogP contribution in [0.5, 0.6) is 0 Å². The van der Waals surface area contributed by atoms with Gasteiger partial charge in [-0.2, -0.15) is 15.8 Å². The van der Waals surface area contributed by atoms with Crippen LogP contribution in [0.4, 0.5) is 5.82 Å². The van der Waals surface area contributed by atoms with Crippen molar-refractivity contribution in [2.24, 2.45) is 5.73 Å². The third-order valence-corrected chi connectivity index (χ3v) is 2.60. The Morgan fingerprint density at radius 1 is 1.33 bits per heavy atom. The number of aromatic nitrogens is 1. The van der Waals surface area contributed by atoms with Crippen LogP contribution in [0.25, 0.3) is 0 Å². The predicted octanol–water partition coefficient (Wildman–Crippen LogP) is 0.609. The highest BCUT2D eigenvalue weighted by Gasteiger charge is 2.22. The number of hydrogen-bond acceptors (Lipinski definition) is 6. The molecule has 1 aromatic rings. The van der Waals surface area contributed by atoms with E-state index in [1.165, 1.54) is 0 Å². The van der Waals surface area contributed by atoms with Crippen LogP contribution in [0.15, 0.2) is 0 Å². The van der Waals surface area contributed by atoms with Crippen LogP contribution in [-0.2, 0) is 0 Å². The van der Waals surface area contributed by atoms with E-state index in [9.17, 15) is 0 Å². The molecule has 1 aromatic heterocycles. The van der Waals surface area contributed by atoms with Gasteiger partial charge in [0.2, 0.25) is 0 Å². The molecule has 7 heteroatoms. The zero-order chi connectivity index (χ0) is 13.9. The summed E-state index contributed by atoms with van der Waals surface area (Å²) in [5.74, 6) is -1.13. The molecule has 0 spiro atoms. The molecular weight excluding hydrogens is 248 g/mol. The zero-order valence-electron chi connectivity index (χ0n) is 9.43. The molecule has 0 aliphatic rings. The second-order valence-corrected chi connectivity index (χ2v) is 3.86. The minimum atomic E-state index is -1.15. The van der Waals surface area contributed by atoms with E-state index in [2.05, 4.69) is 4.98 Å². The van der Waals surface area contributed by atoms with Crippen LogP contribution in [0.1, 0.15) is 28.3 Å². The maximum atomic E-state index is 9.10. The van der Waals surface area contributed by atoms with Gasteiger partial charge in [-0.15, -0.1) is 0 Å². The summed E-state index contributed by atoms with van der Waals surface area (Å²) in [6.07, 6.45) is 0. The van der Waals surface area contributed by atoms with Gasteiger partial charge in [0.25, 0.3) is 0 Å². The van der Waals surface area contributed by atoms with Crippen LogP contribution in [0.2, 0.25) is 0 Å². The molecular formula is C11H8N6S. The minimum absolute atomic E-state index is 0.0181. The van der Waals surface area contributed by atoms with Gasteiger partial charge in [-0.05, 0) is 12.5 Å². The van der Waals surface area contributed by atoms with E-state index in [1.54, 1.807) is 19.1 Å². The summed E-state index contributed by atoms with van der Waals surface area (Å²) in [6, 6.07) is 5.40. The fraction of sp³-hybridized carbons (Fsp3) is 0.182. The van der Waals surface area contributed by atoms with E-state index in [1.807, 2.05) is 6.07 Å². The highest BCUT2D eigenvalue weighted by Crippen LogP contribution is 2.25. The van der Waals surface area contributed by atoms with Crippen LogP contribution < -0.4 is 11.5 Å². The molecule has 0 unspecified atom stereocenters. The van der Waals surface area contributed by atoms with Crippen molar-refractivity contribution in [1.29, 1.82) is 15.8 Å². The van der Waals surface area contributed by atoms with Gasteiger partial charge in [0.05, 0.1) is 29.0 Å². The van der Waals surface area contributed by atoms with Gasteiger partial charge in [-0.3, -0.25) is 0 Å². The van der Waals surface area contributed by atoms with Crippen LogP contribution in [0.3, 0.4) is 0 Å². The lowest BCUT2D eigenvalue weighted by Gasteiger charge is -2.12. The van der Waals surface area contributed by atoms with Crippen LogP contribution in [-0.4, -0.2) is 9.97 Å². The van der Waals surface area contributed by atoms with E-state index in [-0.39, 0.29) is 22.1 Å². The Labute approximate surface area is 109 Å². The Morgan fingerprint density at radius 3 is 2.28 bits per heavy atom. The smallest absolute Gasteiger partial charge is 0.176 e. The average Bonchev–Trinajstić information content (AvgIpc) is 2.30. The first-order chi connectivity index (χ1) is 8.47. The van der Waals surface area contributed by atoms with Crippen molar-refractivity contribution in [3.8, 4) is 18.2 Å². The summed E-state index contributed by atoms with van der Waals surface area (Å²) in [7, 11) is 0. The number of pyridine rings is 1. The number of thiocarbonyl (C=S) groups is 1. The molecule has 0 aliphatic carbocycles. The summed E-state index contributed by atoms with van der Waals surface area (Å²) in [4.78, 5) is 3.93. The first-order valence-electron chi connectivity index (χ1n) is 4.77. The van der Waals surface area contributed by atoms with E-state index >= 15 is 0 Å². The number of anilines is 1. The SMILES string of the molecule is Cc1c(C#N)c(C(C#N)C#N)nc(N)c1C(N)=S. The fourth-order valence-electron chi connectivity index (χ4n) is 1.56. The van der Waals surface area contributed by atoms with Crippen LogP contribution >= 0.6 is 12.2 Å². The Morgan fingerprint density at radius 2 is 1.89 bits per heavy atom. The molecule has 88 valence electrons. The molecule has 0 radical (unpaired) electrons. The normalized spacial score (nSPS) is 9.28. The molecule has 0 amide bonds. The number of nitriles is 3. The summed E-state index contributed by atoms with van der Waals surface area (Å²) in [5.41, 5.74) is 12.1. The summed E-state index contributed by atoms with van der Waals surface area (Å²) >= 11 is 4.83. The highest BCUT2D eigenvalue weighted by atomic mass is 32.1. The van der Waals surface area contributed by atoms with Crippen molar-refractivity contribution < 1.29 is 0 Å². The van der Waals surface area contributed by atoms with Gasteiger partial charge >= 0.3 is 0 Å². The molecule has 0 saturated carbocycles. The fourth-order valence-corrected chi connectivity index (χ4v) is 1.82. The third-order valence-electron chi connectivity index (χ3n) is 2.39. The predicted molar refractivity (Wildman–Crippen MR) is 68.0 cm³/mol. The quantitative estimate of drug-likeness (QED) is 0.739. The number of nitrogens with zero attached hydrogens (tertiary/aromatic N) is 4. The Bertz CT molecular complexity index is 629. The lowest BCUT2D eigenvalue weighted by molar-refractivity contribution is 0.998. The maximum absolute atomic E-state index is 9.10. The molecule has 18 heavy (non-hydrogen) atoms. The second kappa shape index (κ2) is 5.09. The number of rotatable bonds is 2. The lowest BCUT2D eigenvalue weighted by atomic mass is 9.96. The van der Waals surface area contributed by atoms with E-state index in [4.69, 9.17) is 39.5 Å². The number of nitrogens with two attached hydrogens (primary N) is 2. The van der Waals surface area contributed by atoms with Crippen molar-refractivity contribution in [3.63, 3.8) is 0 Å². The topological polar surface area (TPSA) is 136 Å². The maximum Gasteiger partial charge on any atom is 0.176 e. The molecule has 6 nitrogen and oxygen atoms in total. The molecule has 0 aromatic carbocycles. The first-order valence-corrected chi connectivity index (χ1v) is 5.17. The summed E-state index contributed by atoms with van der Waals surface area (Å²) in [6.45, 7) is 1.60. The first kappa shape index (κ1) is 13.4. The van der Waals surface area contributed by atoms with Gasteiger partial charge in [0, 0.05) is 0 Å². The van der Waals surface area contributed by atoms with Crippen LogP contribution in [0, 0.1) is 40.9 Å². The summed E-state index contributed by atoms with van der Waals surface area (Å²) < 4.78 is 0. The molecule has 0 aliphatic heterocycles. The summed E-state index contributed by atoms with van der Waals surface area (Å²) in [5, 5.41) is 26.8. The monoisotopic (exact) mass is 256 g/mol. The molecule has 0 bridgehead atoms. The zero-order valence-corrected chi connectivity index (χ0v) is 10.2. The van der Waals surface area contributed by atoms with E-state index in [0.717, 1.165) is 0 Å². The Balaban J connectivity index is 3.72. The molecule has 0 saturated heterocycles. The molecule has 1 rings (SSSR count). The largest absolute Gasteiger partial charge is 0.389 e. The van der Waals surface area contributed by atoms with E-state index < -0.39 is 5.92 Å². The van der Waals surface area contributed by atoms with Gasteiger partial charge in [-0.25, -0.2) is 4.98 Å². The van der Waals surface area contributed by atoms with Gasteiger partial charge < -0.3 is 11.5 Å². The molecule has 0 fully saturated rings. The third kappa shape index (κ3) is 2.06. The second-order valence-electron chi connectivity index (χ2n) is 3.42. The van der Waals surface area contributed by atoms with Crippen molar-refractivity contribution in [1.82, 2.24) is 4.98 Å². The Kier molecular flexibility index (Phi) is 3.78. The molecule has 1 heterocycles. The van der Waals surface area contributed by atoms with Crippen molar-refractivity contribution in [3.05, 3.63) is 22.4 Å². The van der Waals surface area contributed by atoms with Crippen molar-refractivity contribution in [2.45, 2.75) is 12.8 Å². The van der Waals surface area contributed by atoms with Gasteiger partial charge in [0.1, 0.15) is 16.9 Å². The van der Waals surface area contributed by atoms with Gasteiger partial charge in [-0.1, -0.05) is 12.2 Å². The highest BCUT2D eigenvalue weighted by molar-refractivity contribution is 7.80.